The van der Waals surface area contributed by atoms with E-state index in [0.29, 0.717) is 29.5 Å². The summed E-state index contributed by atoms with van der Waals surface area (Å²) in [7, 11) is 0. The SMILES string of the molecule is CCCCCCCCCCOc1ccc(-c2ccc(C3OCC(CCCCCCCC)CO3)cn2)c(F)c1. The molecule has 1 fully saturated rings. The van der Waals surface area contributed by atoms with Crippen LogP contribution in [0, 0.1) is 11.7 Å². The van der Waals surface area contributed by atoms with Gasteiger partial charge < -0.3 is 14.2 Å². The number of hydrogen-bond donors (Lipinski definition) is 0. The fourth-order valence-electron chi connectivity index (χ4n) is 5.04. The largest absolute Gasteiger partial charge is 0.493 e. The molecule has 5 heteroatoms. The minimum absolute atomic E-state index is 0.318. The van der Waals surface area contributed by atoms with Gasteiger partial charge in [0.05, 0.1) is 25.5 Å². The molecule has 0 N–H and O–H groups in total. The van der Waals surface area contributed by atoms with Gasteiger partial charge in [0.1, 0.15) is 11.6 Å². The molecule has 3 rings (SSSR count). The molecule has 0 radical (unpaired) electrons. The topological polar surface area (TPSA) is 40.6 Å². The first-order valence-corrected chi connectivity index (χ1v) is 15.3. The van der Waals surface area contributed by atoms with Gasteiger partial charge in [-0.25, -0.2) is 4.39 Å². The number of pyridine rings is 1. The standard InChI is InChI=1S/C33H50FNO3/c1-3-5-7-9-11-12-14-16-22-36-29-19-20-30(31(34)23-29)32-21-18-28(24-35-32)33-37-25-27(26-38-33)17-15-13-10-8-6-4-2/h18-21,23-24,27,33H,3-17,22,25-26H2,1-2H3. The van der Waals surface area contributed by atoms with E-state index < -0.39 is 6.29 Å². The highest BCUT2D eigenvalue weighted by Gasteiger charge is 2.23. The smallest absolute Gasteiger partial charge is 0.185 e. The normalized spacial score (nSPS) is 17.6. The first-order chi connectivity index (χ1) is 18.7. The van der Waals surface area contributed by atoms with Crippen molar-refractivity contribution in [2.24, 2.45) is 5.92 Å². The minimum Gasteiger partial charge on any atom is -0.493 e. The Labute approximate surface area is 230 Å². The molecule has 2 heterocycles. The zero-order chi connectivity index (χ0) is 26.8. The monoisotopic (exact) mass is 527 g/mol. The van der Waals surface area contributed by atoms with Crippen molar-refractivity contribution in [3.05, 3.63) is 47.9 Å². The average molecular weight is 528 g/mol. The molecule has 4 nitrogen and oxygen atoms in total. The second-order valence-corrected chi connectivity index (χ2v) is 10.9. The molecule has 1 saturated heterocycles. The number of rotatable bonds is 19. The van der Waals surface area contributed by atoms with Crippen molar-refractivity contribution >= 4 is 0 Å². The van der Waals surface area contributed by atoms with Gasteiger partial charge in [-0.15, -0.1) is 0 Å². The van der Waals surface area contributed by atoms with Gasteiger partial charge in [0.25, 0.3) is 0 Å². The molecule has 212 valence electrons. The maximum absolute atomic E-state index is 14.8. The second-order valence-electron chi connectivity index (χ2n) is 10.9. The lowest BCUT2D eigenvalue weighted by atomic mass is 10.0. The van der Waals surface area contributed by atoms with Crippen LogP contribution in [0.15, 0.2) is 36.5 Å². The van der Waals surface area contributed by atoms with Crippen LogP contribution >= 0.6 is 0 Å². The third kappa shape index (κ3) is 11.0. The van der Waals surface area contributed by atoms with E-state index >= 15 is 0 Å². The maximum atomic E-state index is 14.8. The van der Waals surface area contributed by atoms with Crippen molar-refractivity contribution in [2.75, 3.05) is 19.8 Å². The molecule has 0 atom stereocenters. The minimum atomic E-state index is -0.394. The summed E-state index contributed by atoms with van der Waals surface area (Å²) in [5.74, 6) is 0.724. The van der Waals surface area contributed by atoms with Crippen molar-refractivity contribution in [3.8, 4) is 17.0 Å². The van der Waals surface area contributed by atoms with E-state index in [-0.39, 0.29) is 5.82 Å². The van der Waals surface area contributed by atoms with Gasteiger partial charge in [0.15, 0.2) is 6.29 Å². The average Bonchev–Trinajstić information content (AvgIpc) is 2.95. The van der Waals surface area contributed by atoms with Crippen LogP contribution in [0.3, 0.4) is 0 Å². The van der Waals surface area contributed by atoms with E-state index in [9.17, 15) is 4.39 Å². The van der Waals surface area contributed by atoms with Crippen LogP contribution < -0.4 is 4.74 Å². The number of nitrogens with zero attached hydrogens (tertiary/aromatic N) is 1. The molecule has 38 heavy (non-hydrogen) atoms. The van der Waals surface area contributed by atoms with Crippen LogP contribution in [0.2, 0.25) is 0 Å². The van der Waals surface area contributed by atoms with Gasteiger partial charge in [-0.2, -0.15) is 0 Å². The zero-order valence-corrected chi connectivity index (χ0v) is 23.9. The van der Waals surface area contributed by atoms with Gasteiger partial charge in [-0.1, -0.05) is 103 Å². The third-order valence-corrected chi connectivity index (χ3v) is 7.47. The van der Waals surface area contributed by atoms with Crippen molar-refractivity contribution in [3.63, 3.8) is 0 Å². The van der Waals surface area contributed by atoms with Gasteiger partial charge >= 0.3 is 0 Å². The molecule has 1 aromatic heterocycles. The highest BCUT2D eigenvalue weighted by atomic mass is 19.1. The molecular formula is C33H50FNO3. The molecule has 0 saturated carbocycles. The first-order valence-electron chi connectivity index (χ1n) is 15.3. The summed E-state index contributed by atoms with van der Waals surface area (Å²) in [6, 6.07) is 8.81. The Morgan fingerprint density at radius 1 is 0.789 bits per heavy atom. The van der Waals surface area contributed by atoms with Gasteiger partial charge in [-0.05, 0) is 31.0 Å². The lowest BCUT2D eigenvalue weighted by molar-refractivity contribution is -0.206. The van der Waals surface area contributed by atoms with Crippen molar-refractivity contribution in [1.29, 1.82) is 0 Å². The van der Waals surface area contributed by atoms with Gasteiger partial charge in [0, 0.05) is 29.3 Å². The van der Waals surface area contributed by atoms with Crippen LogP contribution in [0.25, 0.3) is 11.3 Å². The first kappa shape index (κ1) is 30.6. The van der Waals surface area contributed by atoms with Gasteiger partial charge in [-0.3, -0.25) is 4.98 Å². The Bertz CT molecular complexity index is 880. The Morgan fingerprint density at radius 2 is 1.42 bits per heavy atom. The van der Waals surface area contributed by atoms with Crippen LogP contribution in [-0.2, 0) is 9.47 Å². The van der Waals surface area contributed by atoms with E-state index in [2.05, 4.69) is 18.8 Å². The van der Waals surface area contributed by atoms with Crippen LogP contribution in [0.1, 0.15) is 122 Å². The highest BCUT2D eigenvalue weighted by molar-refractivity contribution is 5.61. The number of aromatic nitrogens is 1. The van der Waals surface area contributed by atoms with E-state index in [4.69, 9.17) is 14.2 Å². The summed E-state index contributed by atoms with van der Waals surface area (Å²) in [6.45, 7) is 6.56. The molecule has 2 aromatic rings. The van der Waals surface area contributed by atoms with E-state index in [1.807, 2.05) is 18.2 Å². The molecule has 1 aliphatic heterocycles. The molecule has 0 aliphatic carbocycles. The summed E-state index contributed by atoms with van der Waals surface area (Å²) < 4.78 is 32.6. The van der Waals surface area contributed by atoms with E-state index in [1.54, 1.807) is 12.3 Å². The fraction of sp³-hybridized carbons (Fsp3) is 0.667. The lowest BCUT2D eigenvalue weighted by Crippen LogP contribution is -2.27. The van der Waals surface area contributed by atoms with Crippen molar-refractivity contribution < 1.29 is 18.6 Å². The van der Waals surface area contributed by atoms with Crippen LogP contribution in [0.5, 0.6) is 5.75 Å². The lowest BCUT2D eigenvalue weighted by Gasteiger charge is -2.29. The summed E-state index contributed by atoms with van der Waals surface area (Å²) in [4.78, 5) is 4.50. The fourth-order valence-corrected chi connectivity index (χ4v) is 5.04. The number of hydrogen-bond acceptors (Lipinski definition) is 4. The van der Waals surface area contributed by atoms with Crippen molar-refractivity contribution in [1.82, 2.24) is 4.98 Å². The van der Waals surface area contributed by atoms with E-state index in [1.165, 1.54) is 83.1 Å². The molecular weight excluding hydrogens is 477 g/mol. The summed E-state index contributed by atoms with van der Waals surface area (Å²) >= 11 is 0. The number of unbranched alkanes of at least 4 members (excludes halogenated alkanes) is 12. The van der Waals surface area contributed by atoms with Crippen molar-refractivity contribution in [2.45, 2.75) is 116 Å². The maximum Gasteiger partial charge on any atom is 0.185 e. The molecule has 0 amide bonds. The molecule has 0 bridgehead atoms. The summed E-state index contributed by atoms with van der Waals surface area (Å²) in [6.07, 6.45) is 20.4. The number of halogens is 1. The van der Waals surface area contributed by atoms with E-state index in [0.717, 1.165) is 38.0 Å². The molecule has 0 spiro atoms. The predicted octanol–water partition coefficient (Wildman–Crippen LogP) is 9.82. The van der Waals surface area contributed by atoms with Crippen LogP contribution in [0.4, 0.5) is 4.39 Å². The molecule has 1 aromatic carbocycles. The van der Waals surface area contributed by atoms with Crippen LogP contribution in [-0.4, -0.2) is 24.8 Å². The summed E-state index contributed by atoms with van der Waals surface area (Å²) in [5.41, 5.74) is 1.94. The Morgan fingerprint density at radius 3 is 2.03 bits per heavy atom. The predicted molar refractivity (Wildman–Crippen MR) is 154 cm³/mol. The van der Waals surface area contributed by atoms with Gasteiger partial charge in [0.2, 0.25) is 0 Å². The highest BCUT2D eigenvalue weighted by Crippen LogP contribution is 2.30. The summed E-state index contributed by atoms with van der Waals surface area (Å²) in [5, 5.41) is 0. The molecule has 0 unspecified atom stereocenters. The number of ether oxygens (including phenoxy) is 3. The quantitative estimate of drug-likeness (QED) is 0.170. The Kier molecular flexibility index (Phi) is 14.7. The molecule has 1 aliphatic rings. The Hall–Kier alpha value is -1.98. The zero-order valence-electron chi connectivity index (χ0n) is 23.9. The number of benzene rings is 1. The third-order valence-electron chi connectivity index (χ3n) is 7.47. The second kappa shape index (κ2) is 18.3. The Balaban J connectivity index is 1.36.